The Morgan fingerprint density at radius 1 is 1.25 bits per heavy atom. The lowest BCUT2D eigenvalue weighted by molar-refractivity contribution is 0.0697. The van der Waals surface area contributed by atoms with E-state index in [9.17, 15) is 9.59 Å². The molecule has 1 amide bonds. The third-order valence-corrected chi connectivity index (χ3v) is 4.06. The zero-order chi connectivity index (χ0) is 14.9. The largest absolute Gasteiger partial charge is 0.478 e. The molecule has 4 nitrogen and oxygen atoms in total. The molecule has 1 aromatic rings. The highest BCUT2D eigenvalue weighted by Crippen LogP contribution is 2.34. The Bertz CT molecular complexity index is 531. The van der Waals surface area contributed by atoms with Gasteiger partial charge in [-0.15, -0.1) is 0 Å². The van der Waals surface area contributed by atoms with Crippen molar-refractivity contribution in [2.24, 2.45) is 11.3 Å². The number of carbonyl (C=O) groups is 2. The number of hydrogen-bond acceptors (Lipinski definition) is 2. The Labute approximate surface area is 119 Å². The molecule has 108 valence electrons. The SMILES string of the molecule is CC(C)(C)C1CCN(C(=O)c2cccc(C(=O)O)c2)C1. The Balaban J connectivity index is 2.13. The van der Waals surface area contributed by atoms with Gasteiger partial charge < -0.3 is 10.0 Å². The van der Waals surface area contributed by atoms with Crippen LogP contribution in [0.2, 0.25) is 0 Å². The molecule has 20 heavy (non-hydrogen) atoms. The zero-order valence-corrected chi connectivity index (χ0v) is 12.2. The van der Waals surface area contributed by atoms with Gasteiger partial charge in [-0.25, -0.2) is 4.79 Å². The van der Waals surface area contributed by atoms with E-state index in [-0.39, 0.29) is 16.9 Å². The number of carboxylic acids is 1. The monoisotopic (exact) mass is 275 g/mol. The van der Waals surface area contributed by atoms with Gasteiger partial charge >= 0.3 is 5.97 Å². The van der Waals surface area contributed by atoms with Crippen molar-refractivity contribution in [3.63, 3.8) is 0 Å². The van der Waals surface area contributed by atoms with Gasteiger partial charge in [-0.3, -0.25) is 4.79 Å². The number of carboxylic acid groups (broad SMARTS) is 1. The van der Waals surface area contributed by atoms with Gasteiger partial charge in [-0.2, -0.15) is 0 Å². The Hall–Kier alpha value is -1.84. The highest BCUT2D eigenvalue weighted by atomic mass is 16.4. The molecule has 1 aliphatic heterocycles. The van der Waals surface area contributed by atoms with Crippen molar-refractivity contribution in [3.05, 3.63) is 35.4 Å². The molecule has 0 spiro atoms. The van der Waals surface area contributed by atoms with Crippen molar-refractivity contribution in [1.82, 2.24) is 4.90 Å². The number of carbonyl (C=O) groups excluding carboxylic acids is 1. The third kappa shape index (κ3) is 3.00. The van der Waals surface area contributed by atoms with E-state index in [0.29, 0.717) is 11.5 Å². The molecule has 1 aliphatic rings. The number of likely N-dealkylation sites (tertiary alicyclic amines) is 1. The van der Waals surface area contributed by atoms with Gasteiger partial charge in [-0.05, 0) is 36.0 Å². The molecule has 1 heterocycles. The lowest BCUT2D eigenvalue weighted by Gasteiger charge is -2.27. The number of aromatic carboxylic acids is 1. The van der Waals surface area contributed by atoms with Crippen molar-refractivity contribution in [3.8, 4) is 0 Å². The average molecular weight is 275 g/mol. The maximum atomic E-state index is 12.4. The first kappa shape index (κ1) is 14.6. The number of hydrogen-bond donors (Lipinski definition) is 1. The van der Waals surface area contributed by atoms with Crippen LogP contribution in [-0.4, -0.2) is 35.0 Å². The summed E-state index contributed by atoms with van der Waals surface area (Å²) in [5.74, 6) is -0.581. The van der Waals surface area contributed by atoms with E-state index >= 15 is 0 Å². The van der Waals surface area contributed by atoms with Gasteiger partial charge in [0.25, 0.3) is 5.91 Å². The molecule has 1 unspecified atom stereocenters. The number of benzene rings is 1. The second-order valence-corrected chi connectivity index (χ2v) is 6.49. The zero-order valence-electron chi connectivity index (χ0n) is 12.2. The van der Waals surface area contributed by atoms with Crippen molar-refractivity contribution >= 4 is 11.9 Å². The highest BCUT2D eigenvalue weighted by Gasteiger charge is 2.34. The van der Waals surface area contributed by atoms with Crippen LogP contribution in [0.3, 0.4) is 0 Å². The van der Waals surface area contributed by atoms with E-state index in [0.717, 1.165) is 19.5 Å². The van der Waals surface area contributed by atoms with Crippen LogP contribution in [0.4, 0.5) is 0 Å². The maximum absolute atomic E-state index is 12.4. The van der Waals surface area contributed by atoms with E-state index < -0.39 is 5.97 Å². The van der Waals surface area contributed by atoms with E-state index in [1.807, 2.05) is 4.90 Å². The van der Waals surface area contributed by atoms with Gasteiger partial charge in [0.15, 0.2) is 0 Å². The number of nitrogens with zero attached hydrogens (tertiary/aromatic N) is 1. The smallest absolute Gasteiger partial charge is 0.335 e. The summed E-state index contributed by atoms with van der Waals surface area (Å²) in [6.45, 7) is 8.07. The van der Waals surface area contributed by atoms with Crippen LogP contribution in [0.25, 0.3) is 0 Å². The van der Waals surface area contributed by atoms with Crippen molar-refractivity contribution in [1.29, 1.82) is 0 Å². The lowest BCUT2D eigenvalue weighted by Crippen LogP contribution is -2.31. The molecule has 1 aromatic carbocycles. The minimum Gasteiger partial charge on any atom is -0.478 e. The summed E-state index contributed by atoms with van der Waals surface area (Å²) in [5, 5.41) is 8.98. The molecule has 0 aromatic heterocycles. The van der Waals surface area contributed by atoms with Crippen LogP contribution in [0.5, 0.6) is 0 Å². The average Bonchev–Trinajstić information content (AvgIpc) is 2.87. The van der Waals surface area contributed by atoms with Crippen LogP contribution in [0.1, 0.15) is 47.9 Å². The van der Waals surface area contributed by atoms with Crippen LogP contribution < -0.4 is 0 Å². The summed E-state index contributed by atoms with van der Waals surface area (Å²) in [5.41, 5.74) is 0.805. The summed E-state index contributed by atoms with van der Waals surface area (Å²) in [7, 11) is 0. The number of rotatable bonds is 2. The molecule has 2 rings (SSSR count). The lowest BCUT2D eigenvalue weighted by atomic mass is 9.80. The summed E-state index contributed by atoms with van der Waals surface area (Å²) < 4.78 is 0. The normalized spacial score (nSPS) is 19.1. The van der Waals surface area contributed by atoms with Crippen molar-refractivity contribution in [2.75, 3.05) is 13.1 Å². The van der Waals surface area contributed by atoms with Crippen molar-refractivity contribution < 1.29 is 14.7 Å². The minimum atomic E-state index is -1.01. The standard InChI is InChI=1S/C16H21NO3/c1-16(2,3)13-7-8-17(10-13)14(18)11-5-4-6-12(9-11)15(19)20/h4-6,9,13H,7-8,10H2,1-3H3,(H,19,20). The summed E-state index contributed by atoms with van der Waals surface area (Å²) >= 11 is 0. The van der Waals surface area contributed by atoms with Crippen molar-refractivity contribution in [2.45, 2.75) is 27.2 Å². The molecular formula is C16H21NO3. The first-order valence-corrected chi connectivity index (χ1v) is 6.91. The topological polar surface area (TPSA) is 57.6 Å². The van der Waals surface area contributed by atoms with Crippen LogP contribution in [0, 0.1) is 11.3 Å². The molecular weight excluding hydrogens is 254 g/mol. The maximum Gasteiger partial charge on any atom is 0.335 e. The molecule has 1 atom stereocenters. The van der Waals surface area contributed by atoms with Crippen LogP contribution in [0.15, 0.2) is 24.3 Å². The minimum absolute atomic E-state index is 0.0696. The fourth-order valence-corrected chi connectivity index (χ4v) is 2.62. The Morgan fingerprint density at radius 3 is 2.45 bits per heavy atom. The summed E-state index contributed by atoms with van der Waals surface area (Å²) in [4.78, 5) is 25.2. The molecule has 1 N–H and O–H groups in total. The van der Waals surface area contributed by atoms with Crippen LogP contribution >= 0.6 is 0 Å². The Morgan fingerprint density at radius 2 is 1.90 bits per heavy atom. The molecule has 0 saturated carbocycles. The molecule has 0 bridgehead atoms. The van der Waals surface area contributed by atoms with Gasteiger partial charge in [0, 0.05) is 18.7 Å². The summed E-state index contributed by atoms with van der Waals surface area (Å²) in [6.07, 6.45) is 1.01. The molecule has 1 fully saturated rings. The number of amides is 1. The van der Waals surface area contributed by atoms with Gasteiger partial charge in [0.05, 0.1) is 5.56 Å². The third-order valence-electron chi connectivity index (χ3n) is 4.06. The quantitative estimate of drug-likeness (QED) is 0.903. The molecule has 0 aliphatic carbocycles. The highest BCUT2D eigenvalue weighted by molar-refractivity contribution is 5.97. The van der Waals surface area contributed by atoms with E-state index in [1.54, 1.807) is 12.1 Å². The molecule has 1 saturated heterocycles. The van der Waals surface area contributed by atoms with Gasteiger partial charge in [0.1, 0.15) is 0 Å². The first-order valence-electron chi connectivity index (χ1n) is 6.91. The fraction of sp³-hybridized carbons (Fsp3) is 0.500. The van der Waals surface area contributed by atoms with E-state index in [1.165, 1.54) is 12.1 Å². The van der Waals surface area contributed by atoms with Crippen LogP contribution in [-0.2, 0) is 0 Å². The molecule has 0 radical (unpaired) electrons. The second-order valence-electron chi connectivity index (χ2n) is 6.49. The Kier molecular flexibility index (Phi) is 3.84. The van der Waals surface area contributed by atoms with Gasteiger partial charge in [0.2, 0.25) is 0 Å². The second kappa shape index (κ2) is 5.27. The predicted octanol–water partition coefficient (Wildman–Crippen LogP) is 2.89. The van der Waals surface area contributed by atoms with Gasteiger partial charge in [-0.1, -0.05) is 26.8 Å². The summed E-state index contributed by atoms with van der Waals surface area (Å²) in [6, 6.07) is 6.25. The fourth-order valence-electron chi connectivity index (χ4n) is 2.62. The van der Waals surface area contributed by atoms with E-state index in [2.05, 4.69) is 20.8 Å². The first-order chi connectivity index (χ1) is 9.29. The van der Waals surface area contributed by atoms with E-state index in [4.69, 9.17) is 5.11 Å². The predicted molar refractivity (Wildman–Crippen MR) is 76.9 cm³/mol. The molecule has 4 heteroatoms.